The molecule has 0 radical (unpaired) electrons. The molecule has 8 nitrogen and oxygen atoms in total. The lowest BCUT2D eigenvalue weighted by Gasteiger charge is -2.31. The molecular weight excluding hydrogens is 434 g/mol. The molecule has 1 aliphatic rings. The number of carbonyl (C=O) groups is 1. The topological polar surface area (TPSA) is 81.0 Å². The fraction of sp³-hybridized carbons (Fsp3) is 0.350. The van der Waals surface area contributed by atoms with Crippen molar-refractivity contribution < 1.29 is 31.8 Å². The van der Waals surface area contributed by atoms with E-state index in [0.29, 0.717) is 5.65 Å². The number of halogens is 4. The van der Waals surface area contributed by atoms with E-state index in [0.717, 1.165) is 37.5 Å². The van der Waals surface area contributed by atoms with Gasteiger partial charge in [-0.15, -0.1) is 13.2 Å². The van der Waals surface area contributed by atoms with Crippen LogP contribution in [0.2, 0.25) is 0 Å². The van der Waals surface area contributed by atoms with E-state index in [-0.39, 0.29) is 17.7 Å². The minimum absolute atomic E-state index is 0.0453. The summed E-state index contributed by atoms with van der Waals surface area (Å²) < 4.78 is 61.5. The van der Waals surface area contributed by atoms with Crippen LogP contribution in [0.5, 0.6) is 5.75 Å². The number of benzene rings is 1. The van der Waals surface area contributed by atoms with E-state index >= 15 is 0 Å². The molecule has 170 valence electrons. The number of aromatic nitrogens is 3. The first-order valence-corrected chi connectivity index (χ1v) is 9.69. The Morgan fingerprint density at radius 1 is 1.28 bits per heavy atom. The summed E-state index contributed by atoms with van der Waals surface area (Å²) in [6.07, 6.45) is -0.883. The van der Waals surface area contributed by atoms with Crippen LogP contribution >= 0.6 is 0 Å². The SMILES string of the molecule is COCC(NC(=O)c1cnn2ccc(N3CCC3)nc12)c1ccc(OC(F)(F)F)c(F)c1. The molecule has 1 N–H and O–H groups in total. The second-order valence-corrected chi connectivity index (χ2v) is 7.17. The van der Waals surface area contributed by atoms with E-state index in [1.54, 1.807) is 6.20 Å². The Morgan fingerprint density at radius 2 is 2.06 bits per heavy atom. The lowest BCUT2D eigenvalue weighted by atomic mass is 10.1. The first-order valence-electron chi connectivity index (χ1n) is 9.69. The van der Waals surface area contributed by atoms with Gasteiger partial charge in [0.05, 0.1) is 18.8 Å². The van der Waals surface area contributed by atoms with Gasteiger partial charge < -0.3 is 19.7 Å². The molecular formula is C20H19F4N5O3. The van der Waals surface area contributed by atoms with Crippen molar-refractivity contribution in [3.8, 4) is 5.75 Å². The van der Waals surface area contributed by atoms with Crippen LogP contribution in [0.3, 0.4) is 0 Å². The third-order valence-electron chi connectivity index (χ3n) is 5.00. The Kier molecular flexibility index (Phi) is 5.87. The highest BCUT2D eigenvalue weighted by atomic mass is 19.4. The van der Waals surface area contributed by atoms with Crippen molar-refractivity contribution in [1.29, 1.82) is 0 Å². The molecule has 1 saturated heterocycles. The molecule has 1 atom stereocenters. The Hall–Kier alpha value is -3.41. The second-order valence-electron chi connectivity index (χ2n) is 7.17. The zero-order chi connectivity index (χ0) is 22.9. The van der Waals surface area contributed by atoms with Gasteiger partial charge in [-0.05, 0) is 30.2 Å². The van der Waals surface area contributed by atoms with Gasteiger partial charge in [0, 0.05) is 26.4 Å². The Labute approximate surface area is 179 Å². The van der Waals surface area contributed by atoms with Gasteiger partial charge in [-0.2, -0.15) is 5.10 Å². The van der Waals surface area contributed by atoms with Crippen LogP contribution in [0.4, 0.5) is 23.4 Å². The normalized spacial score (nSPS) is 14.8. The average Bonchev–Trinajstić information content (AvgIpc) is 3.10. The highest BCUT2D eigenvalue weighted by Crippen LogP contribution is 2.28. The number of anilines is 1. The quantitative estimate of drug-likeness (QED) is 0.554. The molecule has 1 unspecified atom stereocenters. The minimum Gasteiger partial charge on any atom is -0.403 e. The fourth-order valence-electron chi connectivity index (χ4n) is 3.31. The smallest absolute Gasteiger partial charge is 0.403 e. The maximum atomic E-state index is 14.2. The number of nitrogens with one attached hydrogen (secondary N) is 1. The summed E-state index contributed by atoms with van der Waals surface area (Å²) in [5, 5.41) is 6.83. The number of alkyl halides is 3. The van der Waals surface area contributed by atoms with Gasteiger partial charge in [0.15, 0.2) is 17.2 Å². The second kappa shape index (κ2) is 8.61. The first kappa shape index (κ1) is 21.8. The highest BCUT2D eigenvalue weighted by Gasteiger charge is 2.32. The number of hydrogen-bond acceptors (Lipinski definition) is 6. The van der Waals surface area contributed by atoms with Crippen LogP contribution in [-0.2, 0) is 4.74 Å². The number of fused-ring (bicyclic) bond motifs is 1. The van der Waals surface area contributed by atoms with Crippen molar-refractivity contribution in [3.05, 3.63) is 53.6 Å². The summed E-state index contributed by atoms with van der Waals surface area (Å²) in [5.41, 5.74) is 0.757. The summed E-state index contributed by atoms with van der Waals surface area (Å²) in [4.78, 5) is 19.5. The number of hydrogen-bond donors (Lipinski definition) is 1. The van der Waals surface area contributed by atoms with Crippen LogP contribution in [0.15, 0.2) is 36.7 Å². The van der Waals surface area contributed by atoms with Crippen LogP contribution in [-0.4, -0.2) is 53.7 Å². The minimum atomic E-state index is -5.02. The molecule has 0 saturated carbocycles. The molecule has 4 rings (SSSR count). The van der Waals surface area contributed by atoms with Crippen molar-refractivity contribution in [1.82, 2.24) is 19.9 Å². The summed E-state index contributed by atoms with van der Waals surface area (Å²) in [6, 6.07) is 3.91. The van der Waals surface area contributed by atoms with Gasteiger partial charge in [0.1, 0.15) is 11.4 Å². The van der Waals surface area contributed by atoms with Crippen molar-refractivity contribution in [2.45, 2.75) is 18.8 Å². The van der Waals surface area contributed by atoms with Gasteiger partial charge in [0.25, 0.3) is 5.91 Å². The number of nitrogens with zero attached hydrogens (tertiary/aromatic N) is 4. The van der Waals surface area contributed by atoms with E-state index in [4.69, 9.17) is 4.74 Å². The van der Waals surface area contributed by atoms with E-state index in [1.165, 1.54) is 23.9 Å². The first-order chi connectivity index (χ1) is 15.2. The maximum absolute atomic E-state index is 14.2. The zero-order valence-electron chi connectivity index (χ0n) is 16.9. The Bertz CT molecular complexity index is 1130. The highest BCUT2D eigenvalue weighted by molar-refractivity contribution is 6.00. The third kappa shape index (κ3) is 4.59. The molecule has 3 aromatic rings. The molecule has 2 aromatic heterocycles. The zero-order valence-corrected chi connectivity index (χ0v) is 16.9. The fourth-order valence-corrected chi connectivity index (χ4v) is 3.31. The van der Waals surface area contributed by atoms with Crippen molar-refractivity contribution in [2.75, 3.05) is 31.7 Å². The summed E-state index contributed by atoms with van der Waals surface area (Å²) >= 11 is 0. The molecule has 1 fully saturated rings. The molecule has 0 aliphatic carbocycles. The van der Waals surface area contributed by atoms with Crippen molar-refractivity contribution in [2.24, 2.45) is 0 Å². The molecule has 3 heterocycles. The lowest BCUT2D eigenvalue weighted by molar-refractivity contribution is -0.275. The van der Waals surface area contributed by atoms with Crippen LogP contribution in [0, 0.1) is 5.82 Å². The molecule has 0 spiro atoms. The standard InChI is InChI=1S/C20H19F4N5O3/c1-31-11-15(12-3-4-16(14(21)9-12)32-20(22,23)24)26-19(30)13-10-25-29-8-5-17(27-18(13)29)28-6-2-7-28/h3-5,8-10,15H,2,6-7,11H2,1H3,(H,26,30). The Morgan fingerprint density at radius 3 is 2.69 bits per heavy atom. The van der Waals surface area contributed by atoms with Crippen LogP contribution in [0.1, 0.15) is 28.4 Å². The number of ether oxygens (including phenoxy) is 2. The predicted molar refractivity (Wildman–Crippen MR) is 105 cm³/mol. The molecule has 1 amide bonds. The van der Waals surface area contributed by atoms with Crippen LogP contribution < -0.4 is 15.0 Å². The molecule has 0 bridgehead atoms. The number of amides is 1. The number of carbonyl (C=O) groups excluding carboxylic acids is 1. The largest absolute Gasteiger partial charge is 0.573 e. The van der Waals surface area contributed by atoms with Crippen molar-refractivity contribution >= 4 is 17.4 Å². The van der Waals surface area contributed by atoms with E-state index in [1.807, 2.05) is 6.07 Å². The lowest BCUT2D eigenvalue weighted by Crippen LogP contribution is -2.37. The van der Waals surface area contributed by atoms with E-state index in [9.17, 15) is 22.4 Å². The number of rotatable bonds is 7. The van der Waals surface area contributed by atoms with Gasteiger partial charge in [0.2, 0.25) is 0 Å². The molecule has 1 aromatic carbocycles. The average molecular weight is 453 g/mol. The van der Waals surface area contributed by atoms with E-state index in [2.05, 4.69) is 25.0 Å². The van der Waals surface area contributed by atoms with E-state index < -0.39 is 29.9 Å². The van der Waals surface area contributed by atoms with Gasteiger partial charge in [-0.1, -0.05) is 6.07 Å². The predicted octanol–water partition coefficient (Wildman–Crippen LogP) is 3.09. The Balaban J connectivity index is 1.57. The van der Waals surface area contributed by atoms with Gasteiger partial charge in [-0.3, -0.25) is 4.79 Å². The summed E-state index contributed by atoms with van der Waals surface area (Å²) in [7, 11) is 1.38. The maximum Gasteiger partial charge on any atom is 0.573 e. The molecule has 12 heteroatoms. The molecule has 32 heavy (non-hydrogen) atoms. The monoisotopic (exact) mass is 453 g/mol. The van der Waals surface area contributed by atoms with Crippen LogP contribution in [0.25, 0.3) is 5.65 Å². The van der Waals surface area contributed by atoms with Crippen molar-refractivity contribution in [3.63, 3.8) is 0 Å². The van der Waals surface area contributed by atoms with Gasteiger partial charge >= 0.3 is 6.36 Å². The summed E-state index contributed by atoms with van der Waals surface area (Å²) in [5.74, 6) is -1.98. The third-order valence-corrected chi connectivity index (χ3v) is 5.00. The van der Waals surface area contributed by atoms with Gasteiger partial charge in [-0.25, -0.2) is 13.9 Å². The summed E-state index contributed by atoms with van der Waals surface area (Å²) in [6.45, 7) is 1.72. The number of methoxy groups -OCH3 is 1. The molecule has 1 aliphatic heterocycles.